The number of urea groups is 1. The van der Waals surface area contributed by atoms with Crippen LogP contribution in [0.4, 0.5) is 4.79 Å². The van der Waals surface area contributed by atoms with Gasteiger partial charge in [0.25, 0.3) is 0 Å². The molecule has 0 bridgehead atoms. The highest BCUT2D eigenvalue weighted by Gasteiger charge is 2.35. The average Bonchev–Trinajstić information content (AvgIpc) is 2.55. The highest BCUT2D eigenvalue weighted by Crippen LogP contribution is 2.33. The molecule has 1 aromatic carbocycles. The summed E-state index contributed by atoms with van der Waals surface area (Å²) in [6, 6.07) is 7.82. The minimum Gasteiger partial charge on any atom is -0.386 e. The molecule has 1 aliphatic heterocycles. The van der Waals surface area contributed by atoms with Crippen LogP contribution >= 0.6 is 15.9 Å². The fourth-order valence-corrected chi connectivity index (χ4v) is 3.13. The maximum atomic E-state index is 12.5. The third-order valence-electron chi connectivity index (χ3n) is 5.12. The first-order chi connectivity index (χ1) is 11.2. The molecule has 24 heavy (non-hydrogen) atoms. The van der Waals surface area contributed by atoms with Crippen LogP contribution in [-0.4, -0.2) is 54.9 Å². The maximum Gasteiger partial charge on any atom is 0.345 e. The molecule has 6 heteroatoms. The number of nitrogens with zero attached hydrogens (tertiary/aromatic N) is 3. The summed E-state index contributed by atoms with van der Waals surface area (Å²) in [6.45, 7) is 9.39. The SMILES string of the molecule is CC(C)C(C)(/C(N)=N/C(=O)N1CCN(C)CC1)c1ccc(Br)cc1. The van der Waals surface area contributed by atoms with E-state index in [2.05, 4.69) is 53.6 Å². The van der Waals surface area contributed by atoms with E-state index in [0.717, 1.165) is 23.1 Å². The molecule has 0 radical (unpaired) electrons. The second-order valence-electron chi connectivity index (χ2n) is 6.93. The summed E-state index contributed by atoms with van der Waals surface area (Å²) in [7, 11) is 2.06. The fraction of sp³-hybridized carbons (Fsp3) is 0.556. The monoisotopic (exact) mass is 394 g/mol. The smallest absolute Gasteiger partial charge is 0.345 e. The van der Waals surface area contributed by atoms with Gasteiger partial charge in [0.05, 0.1) is 5.41 Å². The molecule has 1 heterocycles. The molecule has 1 unspecified atom stereocenters. The van der Waals surface area contributed by atoms with Crippen LogP contribution in [0.2, 0.25) is 0 Å². The van der Waals surface area contributed by atoms with E-state index in [1.807, 2.05) is 24.3 Å². The van der Waals surface area contributed by atoms with Gasteiger partial charge in [0.15, 0.2) is 0 Å². The normalized spacial score (nSPS) is 19.4. The van der Waals surface area contributed by atoms with Gasteiger partial charge in [0.1, 0.15) is 5.84 Å². The second-order valence-corrected chi connectivity index (χ2v) is 7.85. The lowest BCUT2D eigenvalue weighted by Gasteiger charge is -2.35. The first-order valence-corrected chi connectivity index (χ1v) is 9.12. The van der Waals surface area contributed by atoms with Crippen molar-refractivity contribution in [2.45, 2.75) is 26.2 Å². The van der Waals surface area contributed by atoms with Crippen molar-refractivity contribution in [2.75, 3.05) is 33.2 Å². The van der Waals surface area contributed by atoms with Crippen LogP contribution in [0.1, 0.15) is 26.3 Å². The molecule has 2 rings (SSSR count). The third kappa shape index (κ3) is 3.98. The van der Waals surface area contributed by atoms with E-state index < -0.39 is 5.41 Å². The molecule has 1 aliphatic rings. The number of nitrogens with two attached hydrogens (primary N) is 1. The van der Waals surface area contributed by atoms with Crippen molar-refractivity contribution in [3.63, 3.8) is 0 Å². The van der Waals surface area contributed by atoms with E-state index in [1.54, 1.807) is 4.90 Å². The Hall–Kier alpha value is -1.40. The molecule has 0 aromatic heterocycles. The van der Waals surface area contributed by atoms with Crippen molar-refractivity contribution < 1.29 is 4.79 Å². The molecular formula is C18H27BrN4O. The lowest BCUT2D eigenvalue weighted by Crippen LogP contribution is -2.48. The number of rotatable bonds is 3. The largest absolute Gasteiger partial charge is 0.386 e. The summed E-state index contributed by atoms with van der Waals surface area (Å²) in [5.74, 6) is 0.589. The number of benzene rings is 1. The highest BCUT2D eigenvalue weighted by molar-refractivity contribution is 9.10. The summed E-state index contributed by atoms with van der Waals surface area (Å²) in [4.78, 5) is 20.7. The zero-order valence-corrected chi connectivity index (χ0v) is 16.5. The second kappa shape index (κ2) is 7.66. The van der Waals surface area contributed by atoms with Gasteiger partial charge in [0.2, 0.25) is 0 Å². The summed E-state index contributed by atoms with van der Waals surface area (Å²) < 4.78 is 1.02. The lowest BCUT2D eigenvalue weighted by atomic mass is 9.72. The van der Waals surface area contributed by atoms with Gasteiger partial charge in [0, 0.05) is 30.7 Å². The van der Waals surface area contributed by atoms with Gasteiger partial charge in [-0.3, -0.25) is 0 Å². The van der Waals surface area contributed by atoms with Crippen LogP contribution in [0.5, 0.6) is 0 Å². The van der Waals surface area contributed by atoms with Crippen molar-refractivity contribution in [3.05, 3.63) is 34.3 Å². The number of hydrogen-bond donors (Lipinski definition) is 1. The van der Waals surface area contributed by atoms with Gasteiger partial charge in [-0.1, -0.05) is 41.9 Å². The average molecular weight is 395 g/mol. The van der Waals surface area contributed by atoms with E-state index in [-0.39, 0.29) is 11.9 Å². The molecule has 1 atom stereocenters. The summed E-state index contributed by atoms with van der Waals surface area (Å²) in [6.07, 6.45) is 0. The van der Waals surface area contributed by atoms with Gasteiger partial charge in [-0.2, -0.15) is 4.99 Å². The molecule has 1 saturated heterocycles. The quantitative estimate of drug-likeness (QED) is 0.632. The summed E-state index contributed by atoms with van der Waals surface area (Å²) >= 11 is 3.46. The lowest BCUT2D eigenvalue weighted by molar-refractivity contribution is 0.161. The predicted octanol–water partition coefficient (Wildman–Crippen LogP) is 3.09. The Morgan fingerprint density at radius 2 is 1.75 bits per heavy atom. The van der Waals surface area contributed by atoms with E-state index in [9.17, 15) is 4.79 Å². The van der Waals surface area contributed by atoms with E-state index in [4.69, 9.17) is 5.73 Å². The predicted molar refractivity (Wildman–Crippen MR) is 102 cm³/mol. The van der Waals surface area contributed by atoms with Gasteiger partial charge < -0.3 is 15.5 Å². The van der Waals surface area contributed by atoms with E-state index >= 15 is 0 Å². The van der Waals surface area contributed by atoms with Crippen molar-refractivity contribution in [2.24, 2.45) is 16.6 Å². The molecular weight excluding hydrogens is 368 g/mol. The molecule has 2 N–H and O–H groups in total. The van der Waals surface area contributed by atoms with Gasteiger partial charge >= 0.3 is 6.03 Å². The molecule has 5 nitrogen and oxygen atoms in total. The number of hydrogen-bond acceptors (Lipinski definition) is 2. The number of amidine groups is 1. The minimum atomic E-state index is -0.483. The Kier molecular flexibility index (Phi) is 6.04. The molecule has 1 fully saturated rings. The number of amides is 2. The standard InChI is InChI=1S/C18H27BrN4O/c1-13(2)18(3,14-5-7-15(19)8-6-14)16(20)21-17(24)23-11-9-22(4)10-12-23/h5-8,13H,9-12H2,1-4H3,(H2,20,21,24). The topological polar surface area (TPSA) is 61.9 Å². The Balaban J connectivity index is 2.26. The number of halogens is 1. The van der Waals surface area contributed by atoms with Gasteiger partial charge in [-0.25, -0.2) is 4.79 Å². The first kappa shape index (κ1) is 18.9. The molecule has 2 amide bonds. The van der Waals surface area contributed by atoms with Crippen molar-refractivity contribution >= 4 is 27.8 Å². The molecule has 0 aliphatic carbocycles. The molecule has 132 valence electrons. The Morgan fingerprint density at radius 1 is 1.21 bits per heavy atom. The summed E-state index contributed by atoms with van der Waals surface area (Å²) in [5.41, 5.74) is 6.92. The zero-order chi connectivity index (χ0) is 17.9. The van der Waals surface area contributed by atoms with E-state index in [1.165, 1.54) is 0 Å². The summed E-state index contributed by atoms with van der Waals surface area (Å²) in [5, 5.41) is 0. The van der Waals surface area contributed by atoms with Gasteiger partial charge in [-0.15, -0.1) is 0 Å². The number of aliphatic imine (C=N–C) groups is 1. The number of carbonyl (C=O) groups excluding carboxylic acids is 1. The van der Waals surface area contributed by atoms with Crippen molar-refractivity contribution in [1.82, 2.24) is 9.80 Å². The Bertz CT molecular complexity index is 606. The van der Waals surface area contributed by atoms with Crippen molar-refractivity contribution in [3.8, 4) is 0 Å². The molecule has 0 spiro atoms. The van der Waals surface area contributed by atoms with Crippen LogP contribution < -0.4 is 5.73 Å². The van der Waals surface area contributed by atoms with Crippen LogP contribution in [-0.2, 0) is 5.41 Å². The van der Waals surface area contributed by atoms with Crippen molar-refractivity contribution in [1.29, 1.82) is 0 Å². The van der Waals surface area contributed by atoms with Crippen LogP contribution in [0.25, 0.3) is 0 Å². The number of carbonyl (C=O) groups is 1. The maximum absolute atomic E-state index is 12.5. The van der Waals surface area contributed by atoms with E-state index in [0.29, 0.717) is 18.9 Å². The number of piperazine rings is 1. The Labute approximate surface area is 153 Å². The molecule has 0 saturated carbocycles. The zero-order valence-electron chi connectivity index (χ0n) is 14.9. The van der Waals surface area contributed by atoms with Gasteiger partial charge in [-0.05, 0) is 37.6 Å². The highest BCUT2D eigenvalue weighted by atomic mass is 79.9. The third-order valence-corrected chi connectivity index (χ3v) is 5.65. The Morgan fingerprint density at radius 3 is 2.25 bits per heavy atom. The van der Waals surface area contributed by atoms with Crippen LogP contribution in [0, 0.1) is 5.92 Å². The minimum absolute atomic E-state index is 0.211. The fourth-order valence-electron chi connectivity index (χ4n) is 2.86. The number of likely N-dealkylation sites (N-methyl/N-ethyl adjacent to an activating group) is 1. The van der Waals surface area contributed by atoms with Crippen LogP contribution in [0.15, 0.2) is 33.7 Å². The van der Waals surface area contributed by atoms with Crippen LogP contribution in [0.3, 0.4) is 0 Å². The first-order valence-electron chi connectivity index (χ1n) is 8.33. The molecule has 1 aromatic rings.